The summed E-state index contributed by atoms with van der Waals surface area (Å²) >= 11 is 0. The SMILES string of the molecule is COc1cccc(/C=C/C(=O)NN)c1OC. The van der Waals surface area contributed by atoms with Crippen molar-refractivity contribution in [3.8, 4) is 11.5 Å². The minimum atomic E-state index is -0.384. The Balaban J connectivity index is 3.04. The second-order valence-corrected chi connectivity index (χ2v) is 2.92. The lowest BCUT2D eigenvalue weighted by molar-refractivity contribution is -0.116. The molecular formula is C11H14N2O3. The van der Waals surface area contributed by atoms with Crippen LogP contribution in [0.15, 0.2) is 24.3 Å². The molecule has 0 spiro atoms. The predicted molar refractivity (Wildman–Crippen MR) is 60.9 cm³/mol. The Morgan fingerprint density at radius 3 is 2.69 bits per heavy atom. The van der Waals surface area contributed by atoms with Gasteiger partial charge in [0.2, 0.25) is 0 Å². The largest absolute Gasteiger partial charge is 0.493 e. The number of rotatable bonds is 4. The van der Waals surface area contributed by atoms with E-state index in [1.807, 2.05) is 11.5 Å². The summed E-state index contributed by atoms with van der Waals surface area (Å²) in [5.41, 5.74) is 2.74. The summed E-state index contributed by atoms with van der Waals surface area (Å²) in [6.45, 7) is 0. The molecule has 0 atom stereocenters. The first-order valence-electron chi connectivity index (χ1n) is 4.62. The fraction of sp³-hybridized carbons (Fsp3) is 0.182. The summed E-state index contributed by atoms with van der Waals surface area (Å²) in [7, 11) is 3.09. The van der Waals surface area contributed by atoms with E-state index < -0.39 is 0 Å². The molecule has 0 aliphatic rings. The standard InChI is InChI=1S/C11H14N2O3/c1-15-9-5-3-4-8(11(9)16-2)6-7-10(14)13-12/h3-7H,12H2,1-2H3,(H,13,14)/b7-6+. The third-order valence-electron chi connectivity index (χ3n) is 1.99. The fourth-order valence-corrected chi connectivity index (χ4v) is 1.26. The number of nitrogens with two attached hydrogens (primary N) is 1. The number of para-hydroxylation sites is 1. The first-order valence-corrected chi connectivity index (χ1v) is 4.62. The number of carbonyl (C=O) groups excluding carboxylic acids is 1. The van der Waals surface area contributed by atoms with E-state index in [4.69, 9.17) is 15.3 Å². The van der Waals surface area contributed by atoms with E-state index in [1.165, 1.54) is 13.2 Å². The molecule has 1 amide bonds. The molecule has 5 nitrogen and oxygen atoms in total. The number of carbonyl (C=O) groups is 1. The summed E-state index contributed by atoms with van der Waals surface area (Å²) in [5, 5.41) is 0. The van der Waals surface area contributed by atoms with Crippen molar-refractivity contribution < 1.29 is 14.3 Å². The van der Waals surface area contributed by atoms with Gasteiger partial charge in [-0.15, -0.1) is 0 Å². The number of benzene rings is 1. The van der Waals surface area contributed by atoms with Gasteiger partial charge in [0.25, 0.3) is 5.91 Å². The summed E-state index contributed by atoms with van der Waals surface area (Å²) in [6.07, 6.45) is 2.92. The third-order valence-corrected chi connectivity index (χ3v) is 1.99. The number of methoxy groups -OCH3 is 2. The van der Waals surface area contributed by atoms with Gasteiger partial charge in [-0.3, -0.25) is 10.2 Å². The van der Waals surface area contributed by atoms with Crippen molar-refractivity contribution in [2.24, 2.45) is 5.84 Å². The zero-order valence-corrected chi connectivity index (χ0v) is 9.19. The van der Waals surface area contributed by atoms with Gasteiger partial charge < -0.3 is 9.47 Å². The first-order chi connectivity index (χ1) is 7.72. The molecule has 0 saturated carbocycles. The second kappa shape index (κ2) is 5.77. The maximum atomic E-state index is 10.9. The number of amides is 1. The van der Waals surface area contributed by atoms with Crippen LogP contribution in [0.1, 0.15) is 5.56 Å². The molecule has 0 heterocycles. The van der Waals surface area contributed by atoms with Crippen LogP contribution in [0.25, 0.3) is 6.08 Å². The van der Waals surface area contributed by atoms with Crippen LogP contribution in [0.3, 0.4) is 0 Å². The topological polar surface area (TPSA) is 73.6 Å². The van der Waals surface area contributed by atoms with Gasteiger partial charge in [0.15, 0.2) is 11.5 Å². The van der Waals surface area contributed by atoms with Gasteiger partial charge >= 0.3 is 0 Å². The van der Waals surface area contributed by atoms with Gasteiger partial charge in [-0.05, 0) is 12.1 Å². The fourth-order valence-electron chi connectivity index (χ4n) is 1.26. The van der Waals surface area contributed by atoms with Crippen molar-refractivity contribution in [2.45, 2.75) is 0 Å². The number of hydrazine groups is 1. The normalized spacial score (nSPS) is 10.2. The highest BCUT2D eigenvalue weighted by Crippen LogP contribution is 2.31. The van der Waals surface area contributed by atoms with Crippen LogP contribution < -0.4 is 20.7 Å². The zero-order chi connectivity index (χ0) is 12.0. The van der Waals surface area contributed by atoms with Crippen LogP contribution in [-0.4, -0.2) is 20.1 Å². The van der Waals surface area contributed by atoms with E-state index in [0.717, 1.165) is 5.56 Å². The lowest BCUT2D eigenvalue weighted by Crippen LogP contribution is -2.27. The Morgan fingerprint density at radius 2 is 2.12 bits per heavy atom. The maximum Gasteiger partial charge on any atom is 0.257 e. The molecule has 0 bridgehead atoms. The van der Waals surface area contributed by atoms with Crippen LogP contribution >= 0.6 is 0 Å². The Labute approximate surface area is 93.8 Å². The van der Waals surface area contributed by atoms with Crippen molar-refractivity contribution in [3.05, 3.63) is 29.8 Å². The second-order valence-electron chi connectivity index (χ2n) is 2.92. The molecule has 0 fully saturated rings. The molecule has 1 aromatic rings. The number of hydrogen-bond donors (Lipinski definition) is 2. The van der Waals surface area contributed by atoms with Crippen LogP contribution in [0, 0.1) is 0 Å². The Kier molecular flexibility index (Phi) is 4.35. The highest BCUT2D eigenvalue weighted by molar-refractivity contribution is 5.91. The molecule has 0 aliphatic heterocycles. The average Bonchev–Trinajstić information content (AvgIpc) is 2.34. The average molecular weight is 222 g/mol. The lowest BCUT2D eigenvalue weighted by Gasteiger charge is -2.09. The summed E-state index contributed by atoms with van der Waals surface area (Å²) in [6, 6.07) is 5.39. The van der Waals surface area contributed by atoms with Crippen LogP contribution in [0.5, 0.6) is 11.5 Å². The smallest absolute Gasteiger partial charge is 0.257 e. The van der Waals surface area contributed by atoms with E-state index in [9.17, 15) is 4.79 Å². The van der Waals surface area contributed by atoms with Gasteiger partial charge in [-0.1, -0.05) is 12.1 Å². The molecule has 0 unspecified atom stereocenters. The Bertz CT molecular complexity index is 402. The van der Waals surface area contributed by atoms with Gasteiger partial charge in [-0.25, -0.2) is 5.84 Å². The lowest BCUT2D eigenvalue weighted by atomic mass is 10.1. The van der Waals surface area contributed by atoms with E-state index in [1.54, 1.807) is 25.3 Å². The van der Waals surface area contributed by atoms with E-state index >= 15 is 0 Å². The van der Waals surface area contributed by atoms with Crippen molar-refractivity contribution in [3.63, 3.8) is 0 Å². The van der Waals surface area contributed by atoms with E-state index in [2.05, 4.69) is 0 Å². The van der Waals surface area contributed by atoms with Gasteiger partial charge in [0, 0.05) is 11.6 Å². The van der Waals surface area contributed by atoms with Crippen molar-refractivity contribution in [1.82, 2.24) is 5.43 Å². The highest BCUT2D eigenvalue weighted by Gasteiger charge is 2.06. The number of ether oxygens (including phenoxy) is 2. The molecule has 1 rings (SSSR count). The van der Waals surface area contributed by atoms with Crippen LogP contribution in [0.2, 0.25) is 0 Å². The van der Waals surface area contributed by atoms with Crippen molar-refractivity contribution in [1.29, 1.82) is 0 Å². The molecule has 5 heteroatoms. The maximum absolute atomic E-state index is 10.9. The van der Waals surface area contributed by atoms with Crippen LogP contribution in [-0.2, 0) is 4.79 Å². The van der Waals surface area contributed by atoms with Gasteiger partial charge in [0.1, 0.15) is 0 Å². The minimum Gasteiger partial charge on any atom is -0.493 e. The Hall–Kier alpha value is -2.01. The number of hydrogen-bond acceptors (Lipinski definition) is 4. The van der Waals surface area contributed by atoms with Gasteiger partial charge in [-0.2, -0.15) is 0 Å². The van der Waals surface area contributed by atoms with Crippen molar-refractivity contribution in [2.75, 3.05) is 14.2 Å². The molecule has 0 aliphatic carbocycles. The molecule has 0 aromatic heterocycles. The van der Waals surface area contributed by atoms with Gasteiger partial charge in [0.05, 0.1) is 14.2 Å². The van der Waals surface area contributed by atoms with Crippen molar-refractivity contribution >= 4 is 12.0 Å². The summed E-state index contributed by atoms with van der Waals surface area (Å²) < 4.78 is 10.3. The summed E-state index contributed by atoms with van der Waals surface area (Å²) in [4.78, 5) is 10.9. The predicted octanol–water partition coefficient (Wildman–Crippen LogP) is 0.707. The molecule has 0 radical (unpaired) electrons. The number of nitrogens with one attached hydrogen (secondary N) is 1. The molecule has 3 N–H and O–H groups in total. The molecule has 16 heavy (non-hydrogen) atoms. The molecular weight excluding hydrogens is 208 g/mol. The summed E-state index contributed by atoms with van der Waals surface area (Å²) in [5.74, 6) is 5.76. The molecule has 1 aromatic carbocycles. The van der Waals surface area contributed by atoms with Crippen LogP contribution in [0.4, 0.5) is 0 Å². The Morgan fingerprint density at radius 1 is 1.38 bits per heavy atom. The molecule has 0 saturated heterocycles. The zero-order valence-electron chi connectivity index (χ0n) is 9.19. The molecule has 86 valence electrons. The van der Waals surface area contributed by atoms with E-state index in [0.29, 0.717) is 11.5 Å². The monoisotopic (exact) mass is 222 g/mol. The third kappa shape index (κ3) is 2.74. The highest BCUT2D eigenvalue weighted by atomic mass is 16.5. The first kappa shape index (κ1) is 12.1. The quantitative estimate of drug-likeness (QED) is 0.340. The van der Waals surface area contributed by atoms with E-state index in [-0.39, 0.29) is 5.91 Å². The minimum absolute atomic E-state index is 0.384.